The predicted molar refractivity (Wildman–Crippen MR) is 76.0 cm³/mol. The maximum absolute atomic E-state index is 9.38. The van der Waals surface area contributed by atoms with Gasteiger partial charge in [0, 0.05) is 5.56 Å². The second-order valence-electron chi connectivity index (χ2n) is 3.92. The van der Waals surface area contributed by atoms with Crippen molar-refractivity contribution >= 4 is 33.7 Å². The van der Waals surface area contributed by atoms with E-state index in [-0.39, 0.29) is 6.61 Å². The van der Waals surface area contributed by atoms with E-state index in [2.05, 4.69) is 23.2 Å². The lowest BCUT2D eigenvalue weighted by Gasteiger charge is -2.05. The lowest BCUT2D eigenvalue weighted by Crippen LogP contribution is -1.86. The highest BCUT2D eigenvalue weighted by molar-refractivity contribution is 7.16. The topological polar surface area (TPSA) is 33.1 Å². The molecule has 18 heavy (non-hydrogen) atoms. The van der Waals surface area contributed by atoms with Gasteiger partial charge in [-0.15, -0.1) is 11.3 Å². The minimum atomic E-state index is -0.0387. The van der Waals surface area contributed by atoms with Gasteiger partial charge in [-0.05, 0) is 10.8 Å². The fourth-order valence-corrected chi connectivity index (χ4v) is 3.09. The fraction of sp³-hybridized carbons (Fsp3) is 0.0714. The molecule has 0 saturated carbocycles. The van der Waals surface area contributed by atoms with Crippen LogP contribution in [0.25, 0.3) is 22.0 Å². The molecule has 0 radical (unpaired) electrons. The minimum Gasteiger partial charge on any atom is -0.391 e. The van der Waals surface area contributed by atoms with Gasteiger partial charge in [0.05, 0.1) is 17.2 Å². The summed E-state index contributed by atoms with van der Waals surface area (Å²) >= 11 is 7.26. The molecule has 2 aromatic carbocycles. The number of benzene rings is 2. The van der Waals surface area contributed by atoms with Crippen molar-refractivity contribution in [1.82, 2.24) is 4.98 Å². The average molecular weight is 276 g/mol. The van der Waals surface area contributed by atoms with Gasteiger partial charge in [0.1, 0.15) is 0 Å². The summed E-state index contributed by atoms with van der Waals surface area (Å²) in [4.78, 5) is 5.13. The summed E-state index contributed by atoms with van der Waals surface area (Å²) in [6, 6.07) is 14.2. The van der Waals surface area contributed by atoms with Crippen molar-refractivity contribution in [1.29, 1.82) is 0 Å². The van der Waals surface area contributed by atoms with Crippen molar-refractivity contribution in [2.24, 2.45) is 0 Å². The van der Waals surface area contributed by atoms with Crippen LogP contribution in [0.1, 0.15) is 4.88 Å². The van der Waals surface area contributed by atoms with E-state index >= 15 is 0 Å². The monoisotopic (exact) mass is 275 g/mol. The Morgan fingerprint density at radius 1 is 1.11 bits per heavy atom. The Labute approximate surface area is 113 Å². The number of fused-ring (bicyclic) bond motifs is 1. The van der Waals surface area contributed by atoms with E-state index in [1.807, 2.05) is 24.3 Å². The molecule has 0 bridgehead atoms. The maximum Gasteiger partial charge on any atom is 0.184 e. The molecular weight excluding hydrogens is 266 g/mol. The largest absolute Gasteiger partial charge is 0.391 e. The molecule has 0 spiro atoms. The highest BCUT2D eigenvalue weighted by Crippen LogP contribution is 2.34. The first-order valence-electron chi connectivity index (χ1n) is 5.54. The van der Waals surface area contributed by atoms with Crippen molar-refractivity contribution in [3.8, 4) is 11.3 Å². The molecule has 3 aromatic rings. The van der Waals surface area contributed by atoms with Crippen molar-refractivity contribution in [2.75, 3.05) is 0 Å². The zero-order chi connectivity index (χ0) is 12.5. The molecule has 0 fully saturated rings. The van der Waals surface area contributed by atoms with E-state index in [4.69, 9.17) is 11.6 Å². The molecule has 4 heteroatoms. The Morgan fingerprint density at radius 2 is 1.89 bits per heavy atom. The Bertz CT molecular complexity index is 703. The van der Waals surface area contributed by atoms with Crippen LogP contribution in [0.4, 0.5) is 0 Å². The summed E-state index contributed by atoms with van der Waals surface area (Å²) < 4.78 is 0.460. The van der Waals surface area contributed by atoms with Crippen LogP contribution in [0.2, 0.25) is 4.47 Å². The lowest BCUT2D eigenvalue weighted by atomic mass is 10.0. The first-order valence-corrected chi connectivity index (χ1v) is 6.73. The molecule has 1 N–H and O–H groups in total. The first-order chi connectivity index (χ1) is 8.79. The molecular formula is C14H10ClNOS. The normalized spacial score (nSPS) is 11.0. The van der Waals surface area contributed by atoms with Crippen LogP contribution in [0.3, 0.4) is 0 Å². The Kier molecular flexibility index (Phi) is 3.04. The Balaban J connectivity index is 2.31. The highest BCUT2D eigenvalue weighted by Gasteiger charge is 2.13. The molecule has 0 saturated heterocycles. The smallest absolute Gasteiger partial charge is 0.184 e. The van der Waals surface area contributed by atoms with Crippen molar-refractivity contribution in [2.45, 2.75) is 6.61 Å². The van der Waals surface area contributed by atoms with Gasteiger partial charge in [-0.3, -0.25) is 0 Å². The molecule has 0 aliphatic carbocycles. The molecule has 90 valence electrons. The molecule has 0 aliphatic heterocycles. The van der Waals surface area contributed by atoms with E-state index < -0.39 is 0 Å². The van der Waals surface area contributed by atoms with Gasteiger partial charge < -0.3 is 5.11 Å². The van der Waals surface area contributed by atoms with Gasteiger partial charge in [-0.1, -0.05) is 54.1 Å². The Morgan fingerprint density at radius 3 is 2.72 bits per heavy atom. The van der Waals surface area contributed by atoms with Gasteiger partial charge in [0.2, 0.25) is 0 Å². The van der Waals surface area contributed by atoms with Crippen molar-refractivity contribution < 1.29 is 5.11 Å². The number of aliphatic hydroxyl groups excluding tert-OH is 1. The van der Waals surface area contributed by atoms with Gasteiger partial charge in [-0.2, -0.15) is 0 Å². The van der Waals surface area contributed by atoms with Crippen LogP contribution < -0.4 is 0 Å². The van der Waals surface area contributed by atoms with Gasteiger partial charge in [0.25, 0.3) is 0 Å². The van der Waals surface area contributed by atoms with Crippen LogP contribution in [0.15, 0.2) is 42.5 Å². The SMILES string of the molecule is OCc1sc(Cl)nc1-c1cccc2ccccc12. The molecule has 0 unspecified atom stereocenters. The zero-order valence-corrected chi connectivity index (χ0v) is 11.0. The van der Waals surface area contributed by atoms with Gasteiger partial charge in [-0.25, -0.2) is 4.98 Å². The number of aromatic nitrogens is 1. The Hall–Kier alpha value is -1.42. The van der Waals surface area contributed by atoms with Gasteiger partial charge in [0.15, 0.2) is 4.47 Å². The number of rotatable bonds is 2. The number of nitrogens with zero attached hydrogens (tertiary/aromatic N) is 1. The molecule has 3 rings (SSSR count). The summed E-state index contributed by atoms with van der Waals surface area (Å²) in [5.74, 6) is 0. The summed E-state index contributed by atoms with van der Waals surface area (Å²) in [5, 5.41) is 11.7. The third kappa shape index (κ3) is 1.90. The minimum absolute atomic E-state index is 0.0387. The van der Waals surface area contributed by atoms with Crippen molar-refractivity contribution in [3.05, 3.63) is 51.8 Å². The fourth-order valence-electron chi connectivity index (χ4n) is 2.07. The van der Waals surface area contributed by atoms with E-state index in [9.17, 15) is 5.11 Å². The second kappa shape index (κ2) is 4.69. The van der Waals surface area contributed by atoms with Crippen LogP contribution >= 0.6 is 22.9 Å². The quantitative estimate of drug-likeness (QED) is 0.763. The predicted octanol–water partition coefficient (Wildman–Crippen LogP) is 4.11. The van der Waals surface area contributed by atoms with E-state index in [1.165, 1.54) is 11.3 Å². The molecule has 0 aliphatic rings. The zero-order valence-electron chi connectivity index (χ0n) is 9.43. The van der Waals surface area contributed by atoms with E-state index in [1.54, 1.807) is 0 Å². The number of aliphatic hydroxyl groups is 1. The molecule has 1 heterocycles. The van der Waals surface area contributed by atoms with E-state index in [0.717, 1.165) is 26.9 Å². The molecule has 0 amide bonds. The van der Waals surface area contributed by atoms with Gasteiger partial charge >= 0.3 is 0 Å². The number of halogens is 1. The number of hydrogen-bond donors (Lipinski definition) is 1. The third-order valence-electron chi connectivity index (χ3n) is 2.86. The highest BCUT2D eigenvalue weighted by atomic mass is 35.5. The first kappa shape index (κ1) is 11.7. The molecule has 0 atom stereocenters. The standard InChI is InChI=1S/C14H10ClNOS/c15-14-16-13(12(8-17)18-14)11-7-3-5-9-4-1-2-6-10(9)11/h1-7,17H,8H2. The van der Waals surface area contributed by atoms with Crippen LogP contribution in [-0.2, 0) is 6.61 Å². The average Bonchev–Trinajstić information content (AvgIpc) is 2.79. The lowest BCUT2D eigenvalue weighted by molar-refractivity contribution is 0.286. The van der Waals surface area contributed by atoms with Crippen LogP contribution in [-0.4, -0.2) is 10.1 Å². The summed E-state index contributed by atoms with van der Waals surface area (Å²) in [6.45, 7) is -0.0387. The maximum atomic E-state index is 9.38. The van der Waals surface area contributed by atoms with Crippen LogP contribution in [0.5, 0.6) is 0 Å². The summed E-state index contributed by atoms with van der Waals surface area (Å²) in [5.41, 5.74) is 1.80. The third-order valence-corrected chi connectivity index (χ3v) is 4.00. The molecule has 2 nitrogen and oxygen atoms in total. The molecule has 1 aromatic heterocycles. The summed E-state index contributed by atoms with van der Waals surface area (Å²) in [6.07, 6.45) is 0. The van der Waals surface area contributed by atoms with Crippen molar-refractivity contribution in [3.63, 3.8) is 0 Å². The van der Waals surface area contributed by atoms with Crippen LogP contribution in [0, 0.1) is 0 Å². The second-order valence-corrected chi connectivity index (χ2v) is 5.59. The number of thiazole rings is 1. The number of hydrogen-bond acceptors (Lipinski definition) is 3. The van der Waals surface area contributed by atoms with E-state index in [0.29, 0.717) is 4.47 Å². The summed E-state index contributed by atoms with van der Waals surface area (Å²) in [7, 11) is 0.